The normalized spacial score (nSPS) is 10.1. The Kier molecular flexibility index (Phi) is 7.01. The summed E-state index contributed by atoms with van der Waals surface area (Å²) in [5.74, 6) is -0.630. The fraction of sp³-hybridized carbons (Fsp3) is 0.125. The Morgan fingerprint density at radius 1 is 0.742 bits per heavy atom. The van der Waals surface area contributed by atoms with Gasteiger partial charge in [0, 0.05) is 16.9 Å². The zero-order chi connectivity index (χ0) is 22.2. The van der Waals surface area contributed by atoms with Crippen molar-refractivity contribution < 1.29 is 23.9 Å². The number of nitrogens with one attached hydrogen (secondary N) is 2. The Morgan fingerprint density at radius 3 is 1.90 bits per heavy atom. The van der Waals surface area contributed by atoms with Gasteiger partial charge in [-0.1, -0.05) is 17.7 Å². The summed E-state index contributed by atoms with van der Waals surface area (Å²) in [5.41, 5.74) is 2.96. The first-order chi connectivity index (χ1) is 14.9. The van der Waals surface area contributed by atoms with Crippen LogP contribution in [0, 0.1) is 6.92 Å². The number of aryl methyl sites for hydroxylation is 1. The van der Waals surface area contributed by atoms with Gasteiger partial charge < -0.3 is 20.1 Å². The van der Waals surface area contributed by atoms with Crippen molar-refractivity contribution >= 4 is 29.2 Å². The summed E-state index contributed by atoms with van der Waals surface area (Å²) in [6.45, 7) is 1.50. The number of methoxy groups -OCH3 is 1. The van der Waals surface area contributed by atoms with Crippen LogP contribution in [0.1, 0.15) is 26.3 Å². The van der Waals surface area contributed by atoms with Crippen molar-refractivity contribution in [1.82, 2.24) is 0 Å². The van der Waals surface area contributed by atoms with Crippen LogP contribution < -0.4 is 15.4 Å². The van der Waals surface area contributed by atoms with Crippen LogP contribution >= 0.6 is 0 Å². The van der Waals surface area contributed by atoms with E-state index in [1.54, 1.807) is 79.9 Å². The topological polar surface area (TPSA) is 93.7 Å². The van der Waals surface area contributed by atoms with Crippen molar-refractivity contribution in [3.05, 3.63) is 89.5 Å². The summed E-state index contributed by atoms with van der Waals surface area (Å²) in [4.78, 5) is 36.3. The van der Waals surface area contributed by atoms with Gasteiger partial charge in [-0.25, -0.2) is 4.79 Å². The quantitative estimate of drug-likeness (QED) is 0.565. The minimum Gasteiger partial charge on any atom is -0.497 e. The number of hydrogen-bond donors (Lipinski definition) is 2. The largest absolute Gasteiger partial charge is 0.497 e. The number of carbonyl (C=O) groups excluding carboxylic acids is 3. The van der Waals surface area contributed by atoms with Gasteiger partial charge in [-0.2, -0.15) is 0 Å². The molecule has 7 nitrogen and oxygen atoms in total. The van der Waals surface area contributed by atoms with E-state index in [-0.39, 0.29) is 5.91 Å². The third-order valence-corrected chi connectivity index (χ3v) is 4.40. The zero-order valence-electron chi connectivity index (χ0n) is 17.2. The standard InChI is InChI=1S/C24H22N2O5/c1-16-3-5-18(6-4-16)24(29)31-15-22(27)25-19-9-7-17(8-10-19)23(28)26-20-11-13-21(30-2)14-12-20/h3-14H,15H2,1-2H3,(H,25,27)(H,26,28). The minimum atomic E-state index is -0.569. The molecule has 0 atom stereocenters. The van der Waals surface area contributed by atoms with Gasteiger partial charge >= 0.3 is 5.97 Å². The number of esters is 1. The Morgan fingerprint density at radius 2 is 1.29 bits per heavy atom. The SMILES string of the molecule is COc1ccc(NC(=O)c2ccc(NC(=O)COC(=O)c3ccc(C)cc3)cc2)cc1. The van der Waals surface area contributed by atoms with Crippen molar-refractivity contribution in [2.24, 2.45) is 0 Å². The Labute approximate surface area is 180 Å². The minimum absolute atomic E-state index is 0.282. The molecule has 0 fully saturated rings. The van der Waals surface area contributed by atoms with Crippen LogP contribution in [0.3, 0.4) is 0 Å². The van der Waals surface area contributed by atoms with Gasteiger partial charge in [0.25, 0.3) is 11.8 Å². The molecule has 0 aliphatic rings. The zero-order valence-corrected chi connectivity index (χ0v) is 17.2. The van der Waals surface area contributed by atoms with Gasteiger partial charge in [-0.05, 0) is 67.6 Å². The molecule has 3 aromatic rings. The smallest absolute Gasteiger partial charge is 0.338 e. The number of amides is 2. The molecule has 0 radical (unpaired) electrons. The number of rotatable bonds is 7. The average molecular weight is 418 g/mol. The maximum Gasteiger partial charge on any atom is 0.338 e. The van der Waals surface area contributed by atoms with Crippen LogP contribution in [-0.2, 0) is 9.53 Å². The lowest BCUT2D eigenvalue weighted by Gasteiger charge is -2.09. The van der Waals surface area contributed by atoms with Crippen molar-refractivity contribution in [2.75, 3.05) is 24.4 Å². The van der Waals surface area contributed by atoms with Gasteiger partial charge in [-0.3, -0.25) is 9.59 Å². The van der Waals surface area contributed by atoms with Gasteiger partial charge in [0.2, 0.25) is 0 Å². The average Bonchev–Trinajstić information content (AvgIpc) is 2.79. The number of carbonyl (C=O) groups is 3. The van der Waals surface area contributed by atoms with E-state index in [9.17, 15) is 14.4 Å². The molecule has 2 N–H and O–H groups in total. The molecule has 31 heavy (non-hydrogen) atoms. The molecular formula is C24H22N2O5. The van der Waals surface area contributed by atoms with Gasteiger partial charge in [-0.15, -0.1) is 0 Å². The highest BCUT2D eigenvalue weighted by molar-refractivity contribution is 6.04. The molecule has 7 heteroatoms. The number of benzene rings is 3. The van der Waals surface area contributed by atoms with E-state index in [1.807, 2.05) is 6.92 Å². The lowest BCUT2D eigenvalue weighted by Crippen LogP contribution is -2.21. The summed E-state index contributed by atoms with van der Waals surface area (Å²) in [6, 6.07) is 20.2. The summed E-state index contributed by atoms with van der Waals surface area (Å²) in [6.07, 6.45) is 0. The molecule has 158 valence electrons. The highest BCUT2D eigenvalue weighted by atomic mass is 16.5. The lowest BCUT2D eigenvalue weighted by atomic mass is 10.1. The van der Waals surface area contributed by atoms with Crippen LogP contribution in [-0.4, -0.2) is 31.5 Å². The van der Waals surface area contributed by atoms with Crippen LogP contribution in [0.5, 0.6) is 5.75 Å². The predicted molar refractivity (Wildman–Crippen MR) is 117 cm³/mol. The van der Waals surface area contributed by atoms with Crippen LogP contribution in [0.2, 0.25) is 0 Å². The molecule has 0 unspecified atom stereocenters. The highest BCUT2D eigenvalue weighted by Gasteiger charge is 2.11. The number of hydrogen-bond acceptors (Lipinski definition) is 5. The molecule has 0 bridgehead atoms. The summed E-state index contributed by atoms with van der Waals surface area (Å²) in [5, 5.41) is 5.41. The molecule has 0 saturated carbocycles. The number of anilines is 2. The first-order valence-corrected chi connectivity index (χ1v) is 9.54. The molecule has 0 aliphatic heterocycles. The van der Waals surface area contributed by atoms with E-state index < -0.39 is 18.5 Å². The maximum atomic E-state index is 12.3. The van der Waals surface area contributed by atoms with Crippen LogP contribution in [0.15, 0.2) is 72.8 Å². The fourth-order valence-electron chi connectivity index (χ4n) is 2.68. The number of ether oxygens (including phenoxy) is 2. The monoisotopic (exact) mass is 418 g/mol. The summed E-state index contributed by atoms with van der Waals surface area (Å²) < 4.78 is 10.1. The van der Waals surface area contributed by atoms with Crippen LogP contribution in [0.25, 0.3) is 0 Å². The third-order valence-electron chi connectivity index (χ3n) is 4.40. The van der Waals surface area contributed by atoms with Crippen molar-refractivity contribution in [2.45, 2.75) is 6.92 Å². The van der Waals surface area contributed by atoms with Gasteiger partial charge in [0.15, 0.2) is 6.61 Å². The molecule has 2 amide bonds. The molecule has 3 aromatic carbocycles. The molecule has 0 spiro atoms. The first kappa shape index (κ1) is 21.6. The summed E-state index contributed by atoms with van der Waals surface area (Å²) >= 11 is 0. The second-order valence-electron chi connectivity index (χ2n) is 6.75. The van der Waals surface area contributed by atoms with Crippen LogP contribution in [0.4, 0.5) is 11.4 Å². The lowest BCUT2D eigenvalue weighted by molar-refractivity contribution is -0.119. The molecular weight excluding hydrogens is 396 g/mol. The second kappa shape index (κ2) is 10.1. The van der Waals surface area contributed by atoms with Crippen molar-refractivity contribution in [3.8, 4) is 5.75 Å². The molecule has 3 rings (SSSR count). The van der Waals surface area contributed by atoms with E-state index >= 15 is 0 Å². The third kappa shape index (κ3) is 6.17. The molecule has 0 aliphatic carbocycles. The summed E-state index contributed by atoms with van der Waals surface area (Å²) in [7, 11) is 1.57. The van der Waals surface area contributed by atoms with Crippen molar-refractivity contribution in [3.63, 3.8) is 0 Å². The first-order valence-electron chi connectivity index (χ1n) is 9.54. The second-order valence-corrected chi connectivity index (χ2v) is 6.75. The fourth-order valence-corrected chi connectivity index (χ4v) is 2.68. The molecule has 0 aromatic heterocycles. The predicted octanol–water partition coefficient (Wildman–Crippen LogP) is 4.05. The van der Waals surface area contributed by atoms with E-state index in [0.717, 1.165) is 5.56 Å². The molecule has 0 saturated heterocycles. The van der Waals surface area contributed by atoms with E-state index in [2.05, 4.69) is 10.6 Å². The van der Waals surface area contributed by atoms with E-state index in [4.69, 9.17) is 9.47 Å². The van der Waals surface area contributed by atoms with E-state index in [1.165, 1.54) is 0 Å². The molecule has 0 heterocycles. The van der Waals surface area contributed by atoms with Crippen molar-refractivity contribution in [1.29, 1.82) is 0 Å². The van der Waals surface area contributed by atoms with E-state index in [0.29, 0.717) is 28.3 Å². The Bertz CT molecular complexity index is 1060. The highest BCUT2D eigenvalue weighted by Crippen LogP contribution is 2.17. The maximum absolute atomic E-state index is 12.3. The van der Waals surface area contributed by atoms with Gasteiger partial charge in [0.05, 0.1) is 12.7 Å². The Hall–Kier alpha value is -4.13. The van der Waals surface area contributed by atoms with Gasteiger partial charge in [0.1, 0.15) is 5.75 Å². The Balaban J connectivity index is 1.49.